The molecule has 2 aromatic carbocycles. The summed E-state index contributed by atoms with van der Waals surface area (Å²) in [5.41, 5.74) is 4.68. The van der Waals surface area contributed by atoms with Gasteiger partial charge in [-0.2, -0.15) is 0 Å². The van der Waals surface area contributed by atoms with Gasteiger partial charge < -0.3 is 4.74 Å². The summed E-state index contributed by atoms with van der Waals surface area (Å²) in [7, 11) is -1.12. The zero-order valence-electron chi connectivity index (χ0n) is 24.4. The lowest BCUT2D eigenvalue weighted by Crippen LogP contribution is -2.33. The monoisotopic (exact) mass is 526 g/mol. The summed E-state index contributed by atoms with van der Waals surface area (Å²) in [5, 5.41) is 0.262. The van der Waals surface area contributed by atoms with Crippen molar-refractivity contribution in [1.29, 1.82) is 0 Å². The Balaban J connectivity index is 2.38. The van der Waals surface area contributed by atoms with Crippen molar-refractivity contribution >= 4 is 20.4 Å². The minimum Gasteiger partial charge on any atom is -0.385 e. The van der Waals surface area contributed by atoms with Gasteiger partial charge in [0.15, 0.2) is 0 Å². The van der Waals surface area contributed by atoms with Crippen LogP contribution in [-0.2, 0) is 33.6 Å². The van der Waals surface area contributed by atoms with Crippen molar-refractivity contribution < 1.29 is 18.7 Å². The molecule has 2 aromatic rings. The summed E-state index contributed by atoms with van der Waals surface area (Å²) in [6.07, 6.45) is 1.87. The predicted molar refractivity (Wildman–Crippen MR) is 155 cm³/mol. The maximum atomic E-state index is 14.5. The van der Waals surface area contributed by atoms with Crippen LogP contribution in [0.2, 0.25) is 11.6 Å². The van der Waals surface area contributed by atoms with Crippen LogP contribution in [-0.4, -0.2) is 33.2 Å². The molecule has 5 heteroatoms. The average molecular weight is 527 g/mol. The third-order valence-electron chi connectivity index (χ3n) is 7.93. The molecule has 0 amide bonds. The quantitative estimate of drug-likeness (QED) is 0.259. The van der Waals surface area contributed by atoms with Gasteiger partial charge in [0.25, 0.3) is 0 Å². The van der Waals surface area contributed by atoms with E-state index in [-0.39, 0.29) is 40.7 Å². The maximum absolute atomic E-state index is 14.5. The van der Waals surface area contributed by atoms with Gasteiger partial charge >= 0.3 is 0 Å². The molecule has 0 aliphatic rings. The Labute approximate surface area is 225 Å². The number of ether oxygens (including phenoxy) is 1. The lowest BCUT2D eigenvalue weighted by molar-refractivity contribution is -0.124. The second-order valence-corrected chi connectivity index (χ2v) is 16.1. The Hall–Kier alpha value is -2.11. The fourth-order valence-electron chi connectivity index (χ4n) is 4.66. The van der Waals surface area contributed by atoms with E-state index in [0.717, 1.165) is 22.9 Å². The smallest absolute Gasteiger partial charge is 0.140 e. The Morgan fingerprint density at radius 3 is 2.22 bits per heavy atom. The molecule has 0 aromatic heterocycles. The van der Waals surface area contributed by atoms with Crippen LogP contribution < -0.4 is 0 Å². The summed E-state index contributed by atoms with van der Waals surface area (Å²) < 4.78 is 20.9. The SMILES string of the molecule is CC(=O)Cc1cccc(C(C)C)c1C[C@H](COC[SiH](C)C(C)(C)C)C(C)C(=O)Cc1c(C)cccc1F. The molecule has 2 rings (SSSR count). The summed E-state index contributed by atoms with van der Waals surface area (Å²) in [6, 6.07) is 11.1. The molecule has 0 fully saturated rings. The van der Waals surface area contributed by atoms with Crippen molar-refractivity contribution in [3.05, 3.63) is 70.0 Å². The highest BCUT2D eigenvalue weighted by atomic mass is 28.3. The van der Waals surface area contributed by atoms with Crippen molar-refractivity contribution in [2.75, 3.05) is 12.8 Å². The van der Waals surface area contributed by atoms with Gasteiger partial charge in [0.1, 0.15) is 17.4 Å². The van der Waals surface area contributed by atoms with Crippen LogP contribution in [0.15, 0.2) is 36.4 Å². The Morgan fingerprint density at radius 1 is 1.00 bits per heavy atom. The minimum absolute atomic E-state index is 0.0260. The van der Waals surface area contributed by atoms with Gasteiger partial charge in [-0.1, -0.05) is 78.4 Å². The van der Waals surface area contributed by atoms with Gasteiger partial charge in [0.05, 0.1) is 8.80 Å². The van der Waals surface area contributed by atoms with E-state index in [9.17, 15) is 14.0 Å². The molecule has 3 atom stereocenters. The Kier molecular flexibility index (Phi) is 11.4. The molecular weight excluding hydrogens is 479 g/mol. The second kappa shape index (κ2) is 13.6. The van der Waals surface area contributed by atoms with Gasteiger partial charge in [0, 0.05) is 31.6 Å². The molecule has 37 heavy (non-hydrogen) atoms. The Bertz CT molecular complexity index is 1050. The van der Waals surface area contributed by atoms with E-state index in [1.807, 2.05) is 32.0 Å². The first kappa shape index (κ1) is 31.1. The van der Waals surface area contributed by atoms with Crippen molar-refractivity contribution in [2.45, 2.75) is 92.2 Å². The van der Waals surface area contributed by atoms with Gasteiger partial charge in [-0.3, -0.25) is 9.59 Å². The first-order valence-corrected chi connectivity index (χ1v) is 16.2. The molecule has 0 bridgehead atoms. The van der Waals surface area contributed by atoms with Gasteiger partial charge in [-0.05, 0) is 71.0 Å². The highest BCUT2D eigenvalue weighted by molar-refractivity contribution is 6.60. The molecule has 0 spiro atoms. The van der Waals surface area contributed by atoms with Gasteiger partial charge in [0.2, 0.25) is 0 Å². The molecular formula is C32H47FO3Si. The maximum Gasteiger partial charge on any atom is 0.140 e. The number of carbonyl (C=O) groups is 2. The highest BCUT2D eigenvalue weighted by Gasteiger charge is 2.29. The van der Waals surface area contributed by atoms with Crippen LogP contribution in [0.5, 0.6) is 0 Å². The van der Waals surface area contributed by atoms with E-state index in [2.05, 4.69) is 47.2 Å². The standard InChI is InChI=1S/C32H47FO3Si/c1-21(2)27-14-11-13-25(16-23(4)34)29(27)17-26(19-36-20-37(9)32(6,7)8)24(5)31(35)18-28-22(3)12-10-15-30(28)33/h10-15,21,24,26,37H,16-20H2,1-9H3/t24?,26-,37?/m1/s1. The molecule has 3 nitrogen and oxygen atoms in total. The first-order valence-electron chi connectivity index (χ1n) is 13.7. The van der Waals surface area contributed by atoms with Crippen LogP contribution in [0, 0.1) is 24.6 Å². The van der Waals surface area contributed by atoms with E-state index < -0.39 is 8.80 Å². The zero-order valence-corrected chi connectivity index (χ0v) is 25.6. The van der Waals surface area contributed by atoms with Crippen LogP contribution in [0.1, 0.15) is 82.2 Å². The number of rotatable bonds is 13. The summed E-state index contributed by atoms with van der Waals surface area (Å²) in [5.74, 6) is -0.254. The number of Topliss-reactive ketones (excluding diaryl/α,β-unsaturated/α-hetero) is 2. The number of hydrogen-bond acceptors (Lipinski definition) is 3. The number of aryl methyl sites for hydroxylation is 1. The number of ketones is 2. The second-order valence-electron chi connectivity index (χ2n) is 12.3. The molecule has 204 valence electrons. The molecule has 2 unspecified atom stereocenters. The van der Waals surface area contributed by atoms with E-state index >= 15 is 0 Å². The molecule has 0 saturated carbocycles. The Morgan fingerprint density at radius 2 is 1.65 bits per heavy atom. The van der Waals surface area contributed by atoms with Crippen LogP contribution in [0.3, 0.4) is 0 Å². The summed E-state index contributed by atoms with van der Waals surface area (Å²) >= 11 is 0. The van der Waals surface area contributed by atoms with Crippen LogP contribution in [0.25, 0.3) is 0 Å². The predicted octanol–water partition coefficient (Wildman–Crippen LogP) is 7.21. The molecule has 0 aliphatic heterocycles. The summed E-state index contributed by atoms with van der Waals surface area (Å²) in [4.78, 5) is 25.6. The number of halogens is 1. The zero-order chi connectivity index (χ0) is 27.9. The lowest BCUT2D eigenvalue weighted by atomic mass is 9.79. The molecule has 0 aliphatic carbocycles. The number of benzene rings is 2. The highest BCUT2D eigenvalue weighted by Crippen LogP contribution is 2.31. The van der Waals surface area contributed by atoms with Crippen molar-refractivity contribution in [1.82, 2.24) is 0 Å². The van der Waals surface area contributed by atoms with E-state index in [1.54, 1.807) is 13.0 Å². The molecule has 0 heterocycles. The number of hydrogen-bond donors (Lipinski definition) is 0. The fourth-order valence-corrected chi connectivity index (χ4v) is 5.64. The largest absolute Gasteiger partial charge is 0.385 e. The fraction of sp³-hybridized carbons (Fsp3) is 0.562. The van der Waals surface area contributed by atoms with Crippen molar-refractivity contribution in [2.24, 2.45) is 11.8 Å². The average Bonchev–Trinajstić information content (AvgIpc) is 2.79. The first-order chi connectivity index (χ1) is 17.2. The molecule has 0 saturated heterocycles. The van der Waals surface area contributed by atoms with E-state index in [4.69, 9.17) is 4.74 Å². The third-order valence-corrected chi connectivity index (χ3v) is 11.6. The van der Waals surface area contributed by atoms with Gasteiger partial charge in [-0.25, -0.2) is 4.39 Å². The van der Waals surface area contributed by atoms with E-state index in [0.29, 0.717) is 30.9 Å². The van der Waals surface area contributed by atoms with Crippen molar-refractivity contribution in [3.63, 3.8) is 0 Å². The summed E-state index contributed by atoms with van der Waals surface area (Å²) in [6.45, 7) is 19.3. The normalized spacial score (nSPS) is 14.5. The third kappa shape index (κ3) is 9.00. The number of carbonyl (C=O) groups excluding carboxylic acids is 2. The molecule has 0 radical (unpaired) electrons. The minimum atomic E-state index is -1.12. The van der Waals surface area contributed by atoms with Crippen molar-refractivity contribution in [3.8, 4) is 0 Å². The van der Waals surface area contributed by atoms with Crippen LogP contribution in [0.4, 0.5) is 4.39 Å². The topological polar surface area (TPSA) is 43.4 Å². The molecule has 0 N–H and O–H groups in total. The van der Waals surface area contributed by atoms with E-state index in [1.165, 1.54) is 11.6 Å². The van der Waals surface area contributed by atoms with Gasteiger partial charge in [-0.15, -0.1) is 0 Å². The van der Waals surface area contributed by atoms with Crippen LogP contribution >= 0.6 is 0 Å². The lowest BCUT2D eigenvalue weighted by Gasteiger charge is -2.29.